The third-order valence-electron chi connectivity index (χ3n) is 7.08. The Morgan fingerprint density at radius 3 is 2.51 bits per heavy atom. The van der Waals surface area contributed by atoms with Crippen LogP contribution in [0.1, 0.15) is 40.0 Å². The third kappa shape index (κ3) is 5.43. The van der Waals surface area contributed by atoms with Gasteiger partial charge in [0.1, 0.15) is 0 Å². The van der Waals surface area contributed by atoms with E-state index in [9.17, 15) is 22.8 Å². The van der Waals surface area contributed by atoms with Crippen LogP contribution >= 0.6 is 0 Å². The predicted octanol–water partition coefficient (Wildman–Crippen LogP) is 6.65. The number of hydrogen-bond acceptors (Lipinski definition) is 4. The number of carbonyl (C=O) groups excluding carboxylic acids is 2. The van der Waals surface area contributed by atoms with Crippen molar-refractivity contribution in [2.24, 2.45) is 5.92 Å². The van der Waals surface area contributed by atoms with Crippen LogP contribution in [0.2, 0.25) is 0 Å². The molecule has 1 saturated carbocycles. The number of anilines is 2. The summed E-state index contributed by atoms with van der Waals surface area (Å²) in [5, 5.41) is 13.4. The summed E-state index contributed by atoms with van der Waals surface area (Å²) in [6.07, 6.45) is 0.201. The van der Waals surface area contributed by atoms with E-state index in [4.69, 9.17) is 0 Å². The number of nitrogens with zero attached hydrogens (tertiary/aromatic N) is 3. The fourth-order valence-electron chi connectivity index (χ4n) is 4.68. The minimum Gasteiger partial charge on any atom is -0.322 e. The first-order chi connectivity index (χ1) is 19.5. The Labute approximate surface area is 232 Å². The van der Waals surface area contributed by atoms with Crippen LogP contribution in [0.15, 0.2) is 67.1 Å². The summed E-state index contributed by atoms with van der Waals surface area (Å²) >= 11 is 0. The van der Waals surface area contributed by atoms with Crippen LogP contribution in [0.4, 0.5) is 24.7 Å². The average molecular weight is 559 g/mol. The molecule has 2 heterocycles. The maximum Gasteiger partial charge on any atom is 0.416 e. The number of benzene rings is 3. The fraction of sp³-hybridized carbons (Fsp3) is 0.200. The number of hydrogen-bond donors (Lipinski definition) is 3. The first-order valence-corrected chi connectivity index (χ1v) is 13.0. The largest absolute Gasteiger partial charge is 0.416 e. The van der Waals surface area contributed by atoms with E-state index in [2.05, 4.69) is 25.8 Å². The van der Waals surface area contributed by atoms with E-state index < -0.39 is 17.6 Å². The molecule has 0 atom stereocenters. The molecular weight excluding hydrogens is 533 g/mol. The molecule has 0 aliphatic heterocycles. The van der Waals surface area contributed by atoms with Crippen LogP contribution in [0.5, 0.6) is 0 Å². The third-order valence-corrected chi connectivity index (χ3v) is 7.08. The summed E-state index contributed by atoms with van der Waals surface area (Å²) < 4.78 is 42.5. The Morgan fingerprint density at radius 1 is 1.00 bits per heavy atom. The molecule has 0 unspecified atom stereocenters. The van der Waals surface area contributed by atoms with E-state index >= 15 is 0 Å². The van der Waals surface area contributed by atoms with Gasteiger partial charge < -0.3 is 15.2 Å². The molecule has 1 aliphatic carbocycles. The van der Waals surface area contributed by atoms with Gasteiger partial charge in [0.2, 0.25) is 5.91 Å². The number of halogens is 3. The second kappa shape index (κ2) is 9.92. The van der Waals surface area contributed by atoms with Crippen LogP contribution in [0, 0.1) is 19.8 Å². The lowest BCUT2D eigenvalue weighted by molar-refractivity contribution is -0.137. The Kier molecular flexibility index (Phi) is 6.36. The second-order valence-corrected chi connectivity index (χ2v) is 10.3. The number of H-pyrrole nitrogens is 1. The van der Waals surface area contributed by atoms with Gasteiger partial charge in [0.15, 0.2) is 5.82 Å². The van der Waals surface area contributed by atoms with Gasteiger partial charge in [-0.05, 0) is 85.8 Å². The highest BCUT2D eigenvalue weighted by Crippen LogP contribution is 2.35. The van der Waals surface area contributed by atoms with Crippen LogP contribution in [0.25, 0.3) is 27.7 Å². The van der Waals surface area contributed by atoms with Gasteiger partial charge in [0.25, 0.3) is 5.91 Å². The highest BCUT2D eigenvalue weighted by molar-refractivity contribution is 6.06. The molecule has 0 saturated heterocycles. The number of rotatable bonds is 6. The summed E-state index contributed by atoms with van der Waals surface area (Å²) in [7, 11) is 0. The van der Waals surface area contributed by atoms with Crippen molar-refractivity contribution < 1.29 is 22.8 Å². The summed E-state index contributed by atoms with van der Waals surface area (Å²) in [6, 6.07) is 14.1. The van der Waals surface area contributed by atoms with Crippen molar-refractivity contribution >= 4 is 34.2 Å². The highest BCUT2D eigenvalue weighted by Gasteiger charge is 2.32. The Balaban J connectivity index is 1.28. The molecule has 3 N–H and O–H groups in total. The monoisotopic (exact) mass is 558 g/mol. The molecule has 1 aliphatic rings. The maximum absolute atomic E-state index is 13.7. The number of aryl methyl sites for hydroxylation is 2. The zero-order valence-corrected chi connectivity index (χ0v) is 22.1. The number of aromatic nitrogens is 4. The molecule has 41 heavy (non-hydrogen) atoms. The smallest absolute Gasteiger partial charge is 0.322 e. The van der Waals surface area contributed by atoms with Gasteiger partial charge in [-0.1, -0.05) is 12.1 Å². The fourth-order valence-corrected chi connectivity index (χ4v) is 4.68. The van der Waals surface area contributed by atoms with Crippen molar-refractivity contribution in [1.29, 1.82) is 0 Å². The molecule has 1 fully saturated rings. The van der Waals surface area contributed by atoms with Gasteiger partial charge in [-0.3, -0.25) is 14.7 Å². The second-order valence-electron chi connectivity index (χ2n) is 10.3. The Morgan fingerprint density at radius 2 is 1.80 bits per heavy atom. The van der Waals surface area contributed by atoms with Crippen molar-refractivity contribution in [3.05, 3.63) is 89.5 Å². The molecule has 0 radical (unpaired) electrons. The lowest BCUT2D eigenvalue weighted by Crippen LogP contribution is -2.14. The molecule has 0 bridgehead atoms. The minimum absolute atomic E-state index is 0.00737. The van der Waals surface area contributed by atoms with Gasteiger partial charge in [-0.25, -0.2) is 4.98 Å². The predicted molar refractivity (Wildman–Crippen MR) is 149 cm³/mol. The molecule has 3 aromatic carbocycles. The first kappa shape index (κ1) is 26.3. The van der Waals surface area contributed by atoms with Gasteiger partial charge in [0, 0.05) is 34.4 Å². The SMILES string of the molecule is Cc1cn(-c2cc(NC(=O)c3ccc(C)c(-c4ccc5c(NC(=O)C6CC6)n[nH]c5c4)c3)cc(C(F)(F)F)c2)cn1. The van der Waals surface area contributed by atoms with E-state index in [1.54, 1.807) is 31.3 Å². The van der Waals surface area contributed by atoms with Crippen LogP contribution < -0.4 is 10.6 Å². The van der Waals surface area contributed by atoms with Crippen LogP contribution in [-0.4, -0.2) is 31.6 Å². The van der Waals surface area contributed by atoms with Gasteiger partial charge in [-0.15, -0.1) is 0 Å². The highest BCUT2D eigenvalue weighted by atomic mass is 19.4. The number of carbonyl (C=O) groups is 2. The Bertz CT molecular complexity index is 1820. The summed E-state index contributed by atoms with van der Waals surface area (Å²) in [5.41, 5.74) is 3.48. The number of imidazole rings is 1. The van der Waals surface area contributed by atoms with E-state index in [1.165, 1.54) is 17.0 Å². The lowest BCUT2D eigenvalue weighted by Gasteiger charge is -2.14. The standard InChI is InChI=1S/C30H25F3N6O2/c1-16-3-4-20(9-25(16)19-7-8-24-26(10-19)37-38-27(24)36-28(40)18-5-6-18)29(41)35-22-11-21(30(31,32)33)12-23(13-22)39-14-17(2)34-15-39/h3-4,7-15,18H,5-6H2,1-2H3,(H,35,41)(H2,36,37,38,40). The van der Waals surface area contributed by atoms with Crippen molar-refractivity contribution in [1.82, 2.24) is 19.7 Å². The molecule has 2 amide bonds. The lowest BCUT2D eigenvalue weighted by atomic mass is 9.97. The topological polar surface area (TPSA) is 105 Å². The summed E-state index contributed by atoms with van der Waals surface area (Å²) in [6.45, 7) is 3.64. The normalized spacial score (nSPS) is 13.4. The van der Waals surface area contributed by atoms with Gasteiger partial charge in [0.05, 0.1) is 23.1 Å². The number of fused-ring (bicyclic) bond motifs is 1. The number of amides is 2. The molecule has 5 aromatic rings. The molecule has 6 rings (SSSR count). The van der Waals surface area contributed by atoms with E-state index in [0.717, 1.165) is 47.1 Å². The molecular formula is C30H25F3N6O2. The molecule has 2 aromatic heterocycles. The zero-order chi connectivity index (χ0) is 28.9. The van der Waals surface area contributed by atoms with Gasteiger partial charge in [-0.2, -0.15) is 18.3 Å². The Hall–Kier alpha value is -4.93. The van der Waals surface area contributed by atoms with Gasteiger partial charge >= 0.3 is 6.18 Å². The van der Waals surface area contributed by atoms with Crippen molar-refractivity contribution in [2.75, 3.05) is 10.6 Å². The van der Waals surface area contributed by atoms with E-state index in [0.29, 0.717) is 17.0 Å². The van der Waals surface area contributed by atoms with E-state index in [-0.39, 0.29) is 28.8 Å². The quantitative estimate of drug-likeness (QED) is 0.217. The van der Waals surface area contributed by atoms with Crippen molar-refractivity contribution in [3.63, 3.8) is 0 Å². The maximum atomic E-state index is 13.7. The number of aromatic amines is 1. The van der Waals surface area contributed by atoms with Crippen molar-refractivity contribution in [3.8, 4) is 16.8 Å². The van der Waals surface area contributed by atoms with Crippen LogP contribution in [0.3, 0.4) is 0 Å². The summed E-state index contributed by atoms with van der Waals surface area (Å²) in [4.78, 5) is 29.5. The summed E-state index contributed by atoms with van der Waals surface area (Å²) in [5.74, 6) is -0.0640. The van der Waals surface area contributed by atoms with Crippen LogP contribution in [-0.2, 0) is 11.0 Å². The minimum atomic E-state index is -4.60. The number of alkyl halides is 3. The molecule has 11 heteroatoms. The molecule has 208 valence electrons. The van der Waals surface area contributed by atoms with Crippen molar-refractivity contribution in [2.45, 2.75) is 32.9 Å². The zero-order valence-electron chi connectivity index (χ0n) is 22.1. The van der Waals surface area contributed by atoms with E-state index in [1.807, 2.05) is 25.1 Å². The molecule has 8 nitrogen and oxygen atoms in total. The first-order valence-electron chi connectivity index (χ1n) is 13.0. The number of nitrogens with one attached hydrogen (secondary N) is 3. The average Bonchev–Trinajstić information content (AvgIpc) is 3.59. The molecule has 0 spiro atoms.